The van der Waals surface area contributed by atoms with Gasteiger partial charge in [0.15, 0.2) is 0 Å². The first-order valence-electron chi connectivity index (χ1n) is 6.07. The van der Waals surface area contributed by atoms with Gasteiger partial charge < -0.3 is 9.47 Å². The van der Waals surface area contributed by atoms with Crippen molar-refractivity contribution in [2.24, 2.45) is 5.92 Å². The molecule has 0 N–H and O–H groups in total. The number of benzene rings is 1. The van der Waals surface area contributed by atoms with E-state index in [9.17, 15) is 4.79 Å². The molecule has 3 heteroatoms. The van der Waals surface area contributed by atoms with E-state index in [4.69, 9.17) is 9.47 Å². The third-order valence-corrected chi connectivity index (χ3v) is 3.26. The van der Waals surface area contributed by atoms with Crippen molar-refractivity contribution in [2.75, 3.05) is 13.7 Å². The van der Waals surface area contributed by atoms with E-state index >= 15 is 0 Å². The molecule has 2 rings (SSSR count). The highest BCUT2D eigenvalue weighted by atomic mass is 16.5. The van der Waals surface area contributed by atoms with E-state index < -0.39 is 0 Å². The van der Waals surface area contributed by atoms with Crippen LogP contribution >= 0.6 is 0 Å². The van der Waals surface area contributed by atoms with Crippen LogP contribution in [0.2, 0.25) is 0 Å². The highest BCUT2D eigenvalue weighted by molar-refractivity contribution is 5.73. The van der Waals surface area contributed by atoms with E-state index in [1.165, 1.54) is 11.1 Å². The molecule has 0 saturated heterocycles. The van der Waals surface area contributed by atoms with Gasteiger partial charge in [0, 0.05) is 0 Å². The van der Waals surface area contributed by atoms with Crippen molar-refractivity contribution < 1.29 is 14.3 Å². The monoisotopic (exact) mass is 234 g/mol. The van der Waals surface area contributed by atoms with Crippen LogP contribution in [0.1, 0.15) is 24.5 Å². The number of fused-ring (bicyclic) bond motifs is 1. The van der Waals surface area contributed by atoms with Crippen LogP contribution in [0.5, 0.6) is 5.75 Å². The first-order valence-corrected chi connectivity index (χ1v) is 6.07. The van der Waals surface area contributed by atoms with Crippen molar-refractivity contribution in [3.63, 3.8) is 0 Å². The summed E-state index contributed by atoms with van der Waals surface area (Å²) in [5, 5.41) is 0. The van der Waals surface area contributed by atoms with Crippen LogP contribution in [0.4, 0.5) is 0 Å². The maximum absolute atomic E-state index is 11.7. The van der Waals surface area contributed by atoms with Crippen molar-refractivity contribution in [3.8, 4) is 5.75 Å². The number of ether oxygens (including phenoxy) is 2. The number of hydrogen-bond donors (Lipinski definition) is 0. The molecular formula is C14H18O3. The first-order chi connectivity index (χ1) is 8.24. The Morgan fingerprint density at radius 1 is 1.41 bits per heavy atom. The molecule has 0 unspecified atom stereocenters. The van der Waals surface area contributed by atoms with Crippen LogP contribution in [-0.2, 0) is 22.4 Å². The average molecular weight is 234 g/mol. The lowest BCUT2D eigenvalue weighted by Crippen LogP contribution is -2.24. The summed E-state index contributed by atoms with van der Waals surface area (Å²) in [7, 11) is 1.67. The van der Waals surface area contributed by atoms with E-state index in [0.29, 0.717) is 6.61 Å². The zero-order valence-corrected chi connectivity index (χ0v) is 10.4. The van der Waals surface area contributed by atoms with Gasteiger partial charge in [0.25, 0.3) is 0 Å². The molecule has 0 amide bonds. The second-order valence-corrected chi connectivity index (χ2v) is 4.33. The molecule has 17 heavy (non-hydrogen) atoms. The molecule has 0 saturated carbocycles. The number of aryl methyl sites for hydroxylation is 1. The topological polar surface area (TPSA) is 35.5 Å². The van der Waals surface area contributed by atoms with Gasteiger partial charge in [-0.1, -0.05) is 6.07 Å². The van der Waals surface area contributed by atoms with Gasteiger partial charge >= 0.3 is 5.97 Å². The second kappa shape index (κ2) is 5.21. The molecule has 0 heterocycles. The highest BCUT2D eigenvalue weighted by Gasteiger charge is 2.25. The fraction of sp³-hybridized carbons (Fsp3) is 0.500. The second-order valence-electron chi connectivity index (χ2n) is 4.33. The molecule has 0 radical (unpaired) electrons. The number of carbonyl (C=O) groups is 1. The Morgan fingerprint density at radius 3 is 2.94 bits per heavy atom. The lowest BCUT2D eigenvalue weighted by molar-refractivity contribution is -0.148. The zero-order valence-electron chi connectivity index (χ0n) is 10.4. The SMILES string of the molecule is CCOC(=O)[C@@H]1CCc2cc(OC)ccc2C1. The number of methoxy groups -OCH3 is 1. The fourth-order valence-corrected chi connectivity index (χ4v) is 2.32. The molecule has 1 aromatic carbocycles. The highest BCUT2D eigenvalue weighted by Crippen LogP contribution is 2.29. The van der Waals surface area contributed by atoms with E-state index in [0.717, 1.165) is 25.0 Å². The summed E-state index contributed by atoms with van der Waals surface area (Å²) in [6.45, 7) is 2.31. The number of hydrogen-bond acceptors (Lipinski definition) is 3. The molecule has 3 nitrogen and oxygen atoms in total. The summed E-state index contributed by atoms with van der Waals surface area (Å²) in [5.74, 6) is 0.850. The molecule has 92 valence electrons. The number of esters is 1. The minimum absolute atomic E-state index is 0.0239. The third kappa shape index (κ3) is 2.60. The average Bonchev–Trinajstić information content (AvgIpc) is 2.37. The van der Waals surface area contributed by atoms with Crippen LogP contribution in [0.3, 0.4) is 0 Å². The predicted molar refractivity (Wildman–Crippen MR) is 65.1 cm³/mol. The Bertz CT molecular complexity index is 412. The lowest BCUT2D eigenvalue weighted by atomic mass is 9.84. The minimum atomic E-state index is -0.0611. The van der Waals surface area contributed by atoms with Crippen molar-refractivity contribution >= 4 is 5.97 Å². The van der Waals surface area contributed by atoms with Crippen LogP contribution < -0.4 is 4.74 Å². The molecule has 1 aliphatic carbocycles. The Labute approximate surface area is 102 Å². The van der Waals surface area contributed by atoms with Crippen molar-refractivity contribution in [1.29, 1.82) is 0 Å². The van der Waals surface area contributed by atoms with Gasteiger partial charge in [0.2, 0.25) is 0 Å². The summed E-state index contributed by atoms with van der Waals surface area (Å²) in [6, 6.07) is 6.07. The summed E-state index contributed by atoms with van der Waals surface area (Å²) in [4.78, 5) is 11.7. The van der Waals surface area contributed by atoms with Gasteiger partial charge in [-0.2, -0.15) is 0 Å². The van der Waals surface area contributed by atoms with Crippen LogP contribution in [0.15, 0.2) is 18.2 Å². The van der Waals surface area contributed by atoms with Gasteiger partial charge in [0.1, 0.15) is 5.75 Å². The van der Waals surface area contributed by atoms with Gasteiger partial charge in [-0.3, -0.25) is 4.79 Å². The molecule has 1 aliphatic rings. The Kier molecular flexibility index (Phi) is 3.67. The van der Waals surface area contributed by atoms with Gasteiger partial charge in [-0.25, -0.2) is 0 Å². The quantitative estimate of drug-likeness (QED) is 0.753. The number of rotatable bonds is 3. The number of carbonyl (C=O) groups excluding carboxylic acids is 1. The smallest absolute Gasteiger partial charge is 0.309 e. The maximum atomic E-state index is 11.7. The fourth-order valence-electron chi connectivity index (χ4n) is 2.32. The Balaban J connectivity index is 2.11. The van der Waals surface area contributed by atoms with Crippen molar-refractivity contribution in [1.82, 2.24) is 0 Å². The molecule has 1 aromatic rings. The first kappa shape index (κ1) is 12.0. The van der Waals surface area contributed by atoms with Crippen LogP contribution in [0, 0.1) is 5.92 Å². The van der Waals surface area contributed by atoms with Gasteiger partial charge in [-0.05, 0) is 49.4 Å². The predicted octanol–water partition coefficient (Wildman–Crippen LogP) is 2.36. The van der Waals surface area contributed by atoms with Gasteiger partial charge in [0.05, 0.1) is 19.6 Å². The Hall–Kier alpha value is -1.51. The van der Waals surface area contributed by atoms with Crippen LogP contribution in [-0.4, -0.2) is 19.7 Å². The summed E-state index contributed by atoms with van der Waals surface area (Å²) >= 11 is 0. The van der Waals surface area contributed by atoms with E-state index in [-0.39, 0.29) is 11.9 Å². The van der Waals surface area contributed by atoms with Crippen LogP contribution in [0.25, 0.3) is 0 Å². The minimum Gasteiger partial charge on any atom is -0.497 e. The largest absolute Gasteiger partial charge is 0.497 e. The molecule has 0 spiro atoms. The summed E-state index contributed by atoms with van der Waals surface area (Å²) in [5.41, 5.74) is 2.54. The van der Waals surface area contributed by atoms with E-state index in [2.05, 4.69) is 12.1 Å². The van der Waals surface area contributed by atoms with Crippen molar-refractivity contribution in [3.05, 3.63) is 29.3 Å². The molecule has 0 bridgehead atoms. The molecule has 0 aliphatic heterocycles. The summed E-state index contributed by atoms with van der Waals surface area (Å²) in [6.07, 6.45) is 2.59. The molecule has 1 atom stereocenters. The lowest BCUT2D eigenvalue weighted by Gasteiger charge is -2.23. The molecular weight excluding hydrogens is 216 g/mol. The molecule has 0 aromatic heterocycles. The zero-order chi connectivity index (χ0) is 12.3. The standard InChI is InChI=1S/C14H18O3/c1-3-17-14(15)12-5-4-11-9-13(16-2)7-6-10(11)8-12/h6-7,9,12H,3-5,8H2,1-2H3/t12-/m1/s1. The molecule has 0 fully saturated rings. The van der Waals surface area contributed by atoms with E-state index in [1.807, 2.05) is 13.0 Å². The normalized spacial score (nSPS) is 18.4. The maximum Gasteiger partial charge on any atom is 0.309 e. The Morgan fingerprint density at radius 2 is 2.24 bits per heavy atom. The summed E-state index contributed by atoms with van der Waals surface area (Å²) < 4.78 is 10.3. The van der Waals surface area contributed by atoms with Crippen molar-refractivity contribution in [2.45, 2.75) is 26.2 Å². The van der Waals surface area contributed by atoms with E-state index in [1.54, 1.807) is 7.11 Å². The van der Waals surface area contributed by atoms with Gasteiger partial charge in [-0.15, -0.1) is 0 Å². The third-order valence-electron chi connectivity index (χ3n) is 3.26.